The van der Waals surface area contributed by atoms with Gasteiger partial charge in [-0.05, 0) is 61.0 Å². The lowest BCUT2D eigenvalue weighted by Crippen LogP contribution is -2.38. The molecule has 202 valence electrons. The van der Waals surface area contributed by atoms with Crippen LogP contribution in [0.2, 0.25) is 0 Å². The molecule has 0 aliphatic carbocycles. The van der Waals surface area contributed by atoms with Crippen LogP contribution in [-0.4, -0.2) is 55.3 Å². The molecule has 1 N–H and O–H groups in total. The maximum atomic E-state index is 14.2. The number of urea groups is 1. The number of hydrogen-bond donors (Lipinski definition) is 1. The lowest BCUT2D eigenvalue weighted by molar-refractivity contribution is 0.194. The minimum absolute atomic E-state index is 0.191. The van der Waals surface area contributed by atoms with Crippen molar-refractivity contribution in [3.05, 3.63) is 88.1 Å². The molecule has 8 nitrogen and oxygen atoms in total. The highest BCUT2D eigenvalue weighted by molar-refractivity contribution is 7.15. The van der Waals surface area contributed by atoms with Crippen molar-refractivity contribution in [1.29, 1.82) is 0 Å². The highest BCUT2D eigenvalue weighted by Crippen LogP contribution is 2.44. The Kier molecular flexibility index (Phi) is 6.70. The van der Waals surface area contributed by atoms with E-state index in [9.17, 15) is 4.79 Å². The molecule has 4 heterocycles. The number of nitrogens with one attached hydrogen (secondary N) is 1. The lowest BCUT2D eigenvalue weighted by Gasteiger charge is -2.32. The van der Waals surface area contributed by atoms with E-state index in [4.69, 9.17) is 14.2 Å². The van der Waals surface area contributed by atoms with Crippen molar-refractivity contribution in [2.45, 2.75) is 25.6 Å². The van der Waals surface area contributed by atoms with Crippen molar-refractivity contribution in [2.75, 3.05) is 40.2 Å². The summed E-state index contributed by atoms with van der Waals surface area (Å²) in [7, 11) is 7.01. The Hall–Kier alpha value is -3.95. The van der Waals surface area contributed by atoms with Crippen LogP contribution in [0.5, 0.6) is 17.2 Å². The highest BCUT2D eigenvalue weighted by Gasteiger charge is 2.36. The summed E-state index contributed by atoms with van der Waals surface area (Å²) in [6, 6.07) is 17.0. The van der Waals surface area contributed by atoms with E-state index in [0.29, 0.717) is 23.7 Å². The van der Waals surface area contributed by atoms with Crippen molar-refractivity contribution < 1.29 is 19.0 Å². The third kappa shape index (κ3) is 4.51. The Bertz CT molecular complexity index is 1530. The minimum Gasteiger partial charge on any atom is -0.497 e. The number of anilines is 1. The van der Waals surface area contributed by atoms with Gasteiger partial charge >= 0.3 is 6.03 Å². The number of rotatable bonds is 5. The van der Waals surface area contributed by atoms with Crippen molar-refractivity contribution >= 4 is 23.1 Å². The van der Waals surface area contributed by atoms with Crippen LogP contribution in [0.4, 0.5) is 10.5 Å². The normalized spacial score (nSPS) is 16.5. The van der Waals surface area contributed by atoms with Gasteiger partial charge in [-0.2, -0.15) is 0 Å². The summed E-state index contributed by atoms with van der Waals surface area (Å²) in [5, 5.41) is 4.33. The first-order valence-corrected chi connectivity index (χ1v) is 13.8. The fourth-order valence-electron chi connectivity index (χ4n) is 5.62. The summed E-state index contributed by atoms with van der Waals surface area (Å²) in [6.07, 6.45) is 3.09. The molecule has 6 rings (SSSR count). The Morgan fingerprint density at radius 1 is 0.949 bits per heavy atom. The summed E-state index contributed by atoms with van der Waals surface area (Å²) in [4.78, 5) is 19.9. The molecule has 2 aliphatic heterocycles. The molecule has 4 aromatic rings. The van der Waals surface area contributed by atoms with Crippen LogP contribution in [0.1, 0.15) is 33.3 Å². The number of likely N-dealkylation sites (N-methyl/N-ethyl adjacent to an activating group) is 1. The van der Waals surface area contributed by atoms with E-state index in [0.717, 1.165) is 36.5 Å². The molecule has 0 unspecified atom stereocenters. The zero-order valence-electron chi connectivity index (χ0n) is 22.6. The molecule has 9 heteroatoms. The second kappa shape index (κ2) is 10.3. The largest absolute Gasteiger partial charge is 0.497 e. The molecule has 0 bridgehead atoms. The van der Waals surface area contributed by atoms with Crippen molar-refractivity contribution in [3.63, 3.8) is 0 Å². The number of aromatic nitrogens is 1. The second-order valence-electron chi connectivity index (χ2n) is 9.89. The number of fused-ring (bicyclic) bond motifs is 5. The van der Waals surface area contributed by atoms with E-state index in [1.165, 1.54) is 21.0 Å². The maximum Gasteiger partial charge on any atom is 0.322 e. The molecular formula is C30H32N4O4S. The first-order chi connectivity index (χ1) is 19.0. The molecule has 0 saturated heterocycles. The van der Waals surface area contributed by atoms with Crippen LogP contribution in [0.15, 0.2) is 60.8 Å². The zero-order chi connectivity index (χ0) is 27.1. The number of hydrogen-bond acceptors (Lipinski definition) is 6. The average Bonchev–Trinajstić information content (AvgIpc) is 3.54. The SMILES string of the molecule is COc1cccc([C@H]2c3cccn3-c3sc4c(c3CN2C(=O)Nc2ccc(OC)c(OC)c2)CCN(C)C4)c1. The van der Waals surface area contributed by atoms with E-state index < -0.39 is 0 Å². The zero-order valence-corrected chi connectivity index (χ0v) is 23.4. The Morgan fingerprint density at radius 3 is 2.59 bits per heavy atom. The van der Waals surface area contributed by atoms with E-state index in [-0.39, 0.29) is 12.1 Å². The van der Waals surface area contributed by atoms with E-state index in [2.05, 4.69) is 46.2 Å². The van der Waals surface area contributed by atoms with Crippen LogP contribution in [0.3, 0.4) is 0 Å². The molecule has 2 aliphatic rings. The number of ether oxygens (including phenoxy) is 3. The van der Waals surface area contributed by atoms with Crippen molar-refractivity contribution in [1.82, 2.24) is 14.4 Å². The molecule has 0 saturated carbocycles. The minimum atomic E-state index is -0.322. The molecule has 0 radical (unpaired) electrons. The van der Waals surface area contributed by atoms with Crippen molar-refractivity contribution in [3.8, 4) is 22.2 Å². The van der Waals surface area contributed by atoms with Gasteiger partial charge < -0.3 is 33.9 Å². The van der Waals surface area contributed by atoms with Gasteiger partial charge in [0, 0.05) is 41.5 Å². The van der Waals surface area contributed by atoms with Crippen LogP contribution >= 0.6 is 11.3 Å². The van der Waals surface area contributed by atoms with Gasteiger partial charge in [0.05, 0.1) is 39.6 Å². The summed E-state index contributed by atoms with van der Waals surface area (Å²) >= 11 is 1.84. The molecule has 0 fully saturated rings. The molecular weight excluding hydrogens is 512 g/mol. The first-order valence-electron chi connectivity index (χ1n) is 12.9. The highest BCUT2D eigenvalue weighted by atomic mass is 32.1. The van der Waals surface area contributed by atoms with Gasteiger partial charge in [0.15, 0.2) is 11.5 Å². The number of carbonyl (C=O) groups excluding carboxylic acids is 1. The molecule has 39 heavy (non-hydrogen) atoms. The summed E-state index contributed by atoms with van der Waals surface area (Å²) in [6.45, 7) is 2.43. The van der Waals surface area contributed by atoms with Gasteiger partial charge in [0.1, 0.15) is 10.8 Å². The average molecular weight is 545 g/mol. The number of nitrogens with zero attached hydrogens (tertiary/aromatic N) is 3. The molecule has 1 atom stereocenters. The van der Waals surface area contributed by atoms with Gasteiger partial charge in [-0.3, -0.25) is 0 Å². The predicted molar refractivity (Wildman–Crippen MR) is 153 cm³/mol. The van der Waals surface area contributed by atoms with Gasteiger partial charge in [-0.25, -0.2) is 4.79 Å². The van der Waals surface area contributed by atoms with Crippen LogP contribution < -0.4 is 19.5 Å². The van der Waals surface area contributed by atoms with Crippen LogP contribution in [-0.2, 0) is 19.5 Å². The fraction of sp³-hybridized carbons (Fsp3) is 0.300. The Balaban J connectivity index is 1.47. The van der Waals surface area contributed by atoms with Gasteiger partial charge in [-0.1, -0.05) is 12.1 Å². The van der Waals surface area contributed by atoms with Crippen LogP contribution in [0, 0.1) is 0 Å². The molecule has 2 aromatic heterocycles. The van der Waals surface area contributed by atoms with E-state index in [1.54, 1.807) is 33.5 Å². The topological polar surface area (TPSA) is 68.2 Å². The molecule has 2 amide bonds. The number of carbonyl (C=O) groups is 1. The summed E-state index contributed by atoms with van der Waals surface area (Å²) in [5.74, 6) is 1.92. The Morgan fingerprint density at radius 2 is 1.79 bits per heavy atom. The second-order valence-corrected chi connectivity index (χ2v) is 11.0. The maximum absolute atomic E-state index is 14.2. The fourth-order valence-corrected chi connectivity index (χ4v) is 7.07. The van der Waals surface area contributed by atoms with Gasteiger partial charge in [0.25, 0.3) is 0 Å². The summed E-state index contributed by atoms with van der Waals surface area (Å²) < 4.78 is 18.7. The van der Waals surface area contributed by atoms with Gasteiger partial charge in [0.2, 0.25) is 0 Å². The van der Waals surface area contributed by atoms with E-state index in [1.807, 2.05) is 40.5 Å². The summed E-state index contributed by atoms with van der Waals surface area (Å²) in [5.41, 5.74) is 5.27. The number of benzene rings is 2. The monoisotopic (exact) mass is 544 g/mol. The van der Waals surface area contributed by atoms with Crippen molar-refractivity contribution in [2.24, 2.45) is 0 Å². The quantitative estimate of drug-likeness (QED) is 0.350. The lowest BCUT2D eigenvalue weighted by atomic mass is 10.00. The first kappa shape index (κ1) is 25.3. The third-order valence-corrected chi connectivity index (χ3v) is 8.82. The van der Waals surface area contributed by atoms with Gasteiger partial charge in [-0.15, -0.1) is 11.3 Å². The standard InChI is InChI=1S/C30H32N4O4S/c1-32-14-12-22-23-17-34(30(35)31-20-10-11-25(37-3)26(16-20)38-4)28(19-7-5-8-21(15-19)36-2)24-9-6-13-33(24)29(23)39-27(22)18-32/h5-11,13,15-16,28H,12,14,17-18H2,1-4H3,(H,31,35)/t28-/m0/s1. The van der Waals surface area contributed by atoms with E-state index >= 15 is 0 Å². The van der Waals surface area contributed by atoms with Crippen LogP contribution in [0.25, 0.3) is 5.00 Å². The number of amides is 2. The number of thiophene rings is 1. The Labute approximate surface area is 232 Å². The molecule has 0 spiro atoms. The third-order valence-electron chi connectivity index (χ3n) is 7.56. The number of methoxy groups -OCH3 is 3. The molecule has 2 aromatic carbocycles. The smallest absolute Gasteiger partial charge is 0.322 e. The predicted octanol–water partition coefficient (Wildman–Crippen LogP) is 5.69.